The van der Waals surface area contributed by atoms with Gasteiger partial charge in [0.1, 0.15) is 5.78 Å². The lowest BCUT2D eigenvalue weighted by Crippen LogP contribution is -2.25. The summed E-state index contributed by atoms with van der Waals surface area (Å²) in [6, 6.07) is 0.518. The standard InChI is InChI=1S/C14H27N5O/c1-11(2)14(20)9-15-8-13-10-19(18-17-13)7-5-6-16-12(3)4/h10-12,15-16H,5-9H2,1-4H3. The molecule has 0 aliphatic heterocycles. The summed E-state index contributed by atoms with van der Waals surface area (Å²) in [6.45, 7) is 10.9. The quantitative estimate of drug-likeness (QED) is 0.626. The summed E-state index contributed by atoms with van der Waals surface area (Å²) in [5, 5.41) is 14.6. The molecule has 0 atom stereocenters. The molecule has 1 aromatic heterocycles. The zero-order chi connectivity index (χ0) is 15.0. The molecule has 0 amide bonds. The molecule has 0 aromatic carbocycles. The highest BCUT2D eigenvalue weighted by Gasteiger charge is 2.07. The number of nitrogens with zero attached hydrogens (tertiary/aromatic N) is 3. The maximum atomic E-state index is 11.5. The number of carbonyl (C=O) groups excluding carboxylic acids is 1. The summed E-state index contributed by atoms with van der Waals surface area (Å²) in [4.78, 5) is 11.5. The molecule has 0 saturated heterocycles. The summed E-state index contributed by atoms with van der Waals surface area (Å²) in [5.41, 5.74) is 0.873. The number of Topliss-reactive ketones (excluding diaryl/α,β-unsaturated/α-hetero) is 1. The third kappa shape index (κ3) is 6.77. The van der Waals surface area contributed by atoms with Gasteiger partial charge in [0.15, 0.2) is 0 Å². The van der Waals surface area contributed by atoms with E-state index in [4.69, 9.17) is 0 Å². The molecule has 0 aliphatic carbocycles. The van der Waals surface area contributed by atoms with E-state index in [0.717, 1.165) is 25.2 Å². The van der Waals surface area contributed by atoms with Crippen LogP contribution in [0, 0.1) is 5.92 Å². The Bertz CT molecular complexity index is 400. The van der Waals surface area contributed by atoms with Gasteiger partial charge in [0, 0.05) is 31.2 Å². The molecule has 0 saturated carbocycles. The van der Waals surface area contributed by atoms with Crippen LogP contribution in [-0.4, -0.2) is 39.9 Å². The average molecular weight is 281 g/mol. The smallest absolute Gasteiger partial charge is 0.149 e. The predicted octanol–water partition coefficient (Wildman–Crippen LogP) is 0.981. The summed E-state index contributed by atoms with van der Waals surface area (Å²) in [7, 11) is 0. The zero-order valence-electron chi connectivity index (χ0n) is 13.0. The van der Waals surface area contributed by atoms with Crippen LogP contribution in [0.5, 0.6) is 0 Å². The molecule has 0 fully saturated rings. The van der Waals surface area contributed by atoms with Gasteiger partial charge in [0.25, 0.3) is 0 Å². The van der Waals surface area contributed by atoms with Crippen molar-refractivity contribution in [1.82, 2.24) is 25.6 Å². The zero-order valence-corrected chi connectivity index (χ0v) is 13.0. The van der Waals surface area contributed by atoms with Crippen LogP contribution in [0.1, 0.15) is 39.8 Å². The summed E-state index contributed by atoms with van der Waals surface area (Å²) < 4.78 is 1.85. The van der Waals surface area contributed by atoms with Gasteiger partial charge in [-0.15, -0.1) is 5.10 Å². The molecule has 2 N–H and O–H groups in total. The molecule has 1 rings (SSSR count). The van der Waals surface area contributed by atoms with Crippen LogP contribution in [0.3, 0.4) is 0 Å². The minimum Gasteiger partial charge on any atom is -0.314 e. The second-order valence-electron chi connectivity index (χ2n) is 5.66. The highest BCUT2D eigenvalue weighted by molar-refractivity contribution is 5.82. The third-order valence-electron chi connectivity index (χ3n) is 2.95. The van der Waals surface area contributed by atoms with E-state index in [9.17, 15) is 4.79 Å². The second kappa shape index (κ2) is 8.81. The van der Waals surface area contributed by atoms with Crippen LogP contribution >= 0.6 is 0 Å². The molecule has 1 aromatic rings. The van der Waals surface area contributed by atoms with Gasteiger partial charge in [0.2, 0.25) is 0 Å². The number of rotatable bonds is 10. The molecule has 1 heterocycles. The van der Waals surface area contributed by atoms with Crippen molar-refractivity contribution in [3.05, 3.63) is 11.9 Å². The van der Waals surface area contributed by atoms with Gasteiger partial charge in [-0.25, -0.2) is 0 Å². The van der Waals surface area contributed by atoms with Crippen LogP contribution in [0.4, 0.5) is 0 Å². The minimum atomic E-state index is 0.0756. The average Bonchev–Trinajstić information content (AvgIpc) is 2.82. The van der Waals surface area contributed by atoms with Crippen molar-refractivity contribution in [3.8, 4) is 0 Å². The third-order valence-corrected chi connectivity index (χ3v) is 2.95. The Hall–Kier alpha value is -1.27. The summed E-state index contributed by atoms with van der Waals surface area (Å²) in [5.74, 6) is 0.295. The van der Waals surface area contributed by atoms with E-state index in [1.165, 1.54) is 0 Å². The molecular weight excluding hydrogens is 254 g/mol. The predicted molar refractivity (Wildman–Crippen MR) is 79.3 cm³/mol. The Morgan fingerprint density at radius 1 is 1.35 bits per heavy atom. The number of carbonyl (C=O) groups is 1. The number of aromatic nitrogens is 3. The van der Waals surface area contributed by atoms with Gasteiger partial charge < -0.3 is 10.6 Å². The molecule has 6 heteroatoms. The number of aryl methyl sites for hydroxylation is 1. The topological polar surface area (TPSA) is 71.8 Å². The van der Waals surface area contributed by atoms with Gasteiger partial charge in [-0.3, -0.25) is 9.48 Å². The number of hydrogen-bond acceptors (Lipinski definition) is 5. The van der Waals surface area contributed by atoms with Crippen molar-refractivity contribution in [2.45, 2.75) is 53.2 Å². The molecule has 0 bridgehead atoms. The molecule has 0 radical (unpaired) electrons. The Labute approximate surface area is 121 Å². The summed E-state index contributed by atoms with van der Waals surface area (Å²) >= 11 is 0. The fourth-order valence-electron chi connectivity index (χ4n) is 1.68. The Kier molecular flexibility index (Phi) is 7.40. The van der Waals surface area contributed by atoms with E-state index in [1.54, 1.807) is 0 Å². The van der Waals surface area contributed by atoms with E-state index in [0.29, 0.717) is 19.1 Å². The molecule has 0 spiro atoms. The number of hydrogen-bond donors (Lipinski definition) is 2. The molecule has 0 aliphatic rings. The van der Waals surface area contributed by atoms with Crippen molar-refractivity contribution >= 4 is 5.78 Å². The lowest BCUT2D eigenvalue weighted by molar-refractivity contribution is -0.121. The monoisotopic (exact) mass is 281 g/mol. The van der Waals surface area contributed by atoms with Crippen molar-refractivity contribution in [2.75, 3.05) is 13.1 Å². The van der Waals surface area contributed by atoms with Gasteiger partial charge in [-0.1, -0.05) is 32.9 Å². The van der Waals surface area contributed by atoms with Crippen molar-refractivity contribution in [3.63, 3.8) is 0 Å². The first-order valence-electron chi connectivity index (χ1n) is 7.35. The van der Waals surface area contributed by atoms with Gasteiger partial charge in [0.05, 0.1) is 12.2 Å². The van der Waals surface area contributed by atoms with Gasteiger partial charge >= 0.3 is 0 Å². The van der Waals surface area contributed by atoms with Crippen LogP contribution in [-0.2, 0) is 17.9 Å². The van der Waals surface area contributed by atoms with Crippen molar-refractivity contribution < 1.29 is 4.79 Å². The van der Waals surface area contributed by atoms with E-state index >= 15 is 0 Å². The fraction of sp³-hybridized carbons (Fsp3) is 0.786. The van der Waals surface area contributed by atoms with E-state index in [1.807, 2.05) is 24.7 Å². The van der Waals surface area contributed by atoms with E-state index < -0.39 is 0 Å². The molecule has 0 unspecified atom stereocenters. The lowest BCUT2D eigenvalue weighted by Gasteiger charge is -2.07. The lowest BCUT2D eigenvalue weighted by atomic mass is 10.1. The van der Waals surface area contributed by atoms with Crippen molar-refractivity contribution in [2.24, 2.45) is 5.92 Å². The van der Waals surface area contributed by atoms with Crippen LogP contribution < -0.4 is 10.6 Å². The van der Waals surface area contributed by atoms with Gasteiger partial charge in [-0.05, 0) is 13.0 Å². The maximum absolute atomic E-state index is 11.5. The van der Waals surface area contributed by atoms with Crippen LogP contribution in [0.25, 0.3) is 0 Å². The molecule has 6 nitrogen and oxygen atoms in total. The first-order valence-corrected chi connectivity index (χ1v) is 7.35. The van der Waals surface area contributed by atoms with Crippen LogP contribution in [0.15, 0.2) is 6.20 Å². The summed E-state index contributed by atoms with van der Waals surface area (Å²) in [6.07, 6.45) is 2.96. The number of nitrogens with one attached hydrogen (secondary N) is 2. The van der Waals surface area contributed by atoms with Gasteiger partial charge in [-0.2, -0.15) is 0 Å². The normalized spacial score (nSPS) is 11.5. The maximum Gasteiger partial charge on any atom is 0.149 e. The Morgan fingerprint density at radius 3 is 2.75 bits per heavy atom. The first kappa shape index (κ1) is 16.8. The highest BCUT2D eigenvalue weighted by Crippen LogP contribution is 1.96. The largest absolute Gasteiger partial charge is 0.314 e. The SMILES string of the molecule is CC(C)NCCCn1cc(CNCC(=O)C(C)C)nn1. The molecule has 114 valence electrons. The molecular formula is C14H27N5O. The van der Waals surface area contributed by atoms with E-state index in [-0.39, 0.29) is 11.7 Å². The van der Waals surface area contributed by atoms with E-state index in [2.05, 4.69) is 34.8 Å². The Morgan fingerprint density at radius 2 is 2.10 bits per heavy atom. The second-order valence-corrected chi connectivity index (χ2v) is 5.66. The highest BCUT2D eigenvalue weighted by atomic mass is 16.1. The van der Waals surface area contributed by atoms with Crippen LogP contribution in [0.2, 0.25) is 0 Å². The number of ketones is 1. The molecule has 20 heavy (non-hydrogen) atoms. The minimum absolute atomic E-state index is 0.0756. The van der Waals surface area contributed by atoms with Crippen molar-refractivity contribution in [1.29, 1.82) is 0 Å². The first-order chi connectivity index (χ1) is 9.49. The Balaban J connectivity index is 2.20. The fourth-order valence-corrected chi connectivity index (χ4v) is 1.68.